The highest BCUT2D eigenvalue weighted by atomic mass is 32.2. The maximum Gasteiger partial charge on any atom is 0.258 e. The summed E-state index contributed by atoms with van der Waals surface area (Å²) in [7, 11) is -3.47. The quantitative estimate of drug-likeness (QED) is 0.803. The lowest BCUT2D eigenvalue weighted by Gasteiger charge is -2.09. The molecular formula is C14H23N3O2S. The van der Waals surface area contributed by atoms with Gasteiger partial charge >= 0.3 is 0 Å². The summed E-state index contributed by atoms with van der Waals surface area (Å²) in [5.74, 6) is 0.485. The monoisotopic (exact) mass is 297 g/mol. The maximum absolute atomic E-state index is 12.1. The van der Waals surface area contributed by atoms with Crippen LogP contribution >= 0.6 is 0 Å². The highest BCUT2D eigenvalue weighted by Crippen LogP contribution is 2.34. The summed E-state index contributed by atoms with van der Waals surface area (Å²) in [4.78, 5) is 4.07. The molecule has 0 aromatic carbocycles. The van der Waals surface area contributed by atoms with Gasteiger partial charge in [0.25, 0.3) is 10.0 Å². The Bertz CT molecular complexity index is 540. The van der Waals surface area contributed by atoms with Crippen molar-refractivity contribution in [1.82, 2.24) is 15.0 Å². The maximum atomic E-state index is 12.1. The Morgan fingerprint density at radius 3 is 2.65 bits per heavy atom. The molecule has 2 N–H and O–H groups in total. The summed E-state index contributed by atoms with van der Waals surface area (Å²) in [6.45, 7) is 6.90. The second-order valence-corrected chi connectivity index (χ2v) is 7.33. The summed E-state index contributed by atoms with van der Waals surface area (Å²) in [5.41, 5.74) is 0.982. The molecule has 5 nitrogen and oxygen atoms in total. The van der Waals surface area contributed by atoms with Crippen LogP contribution in [0, 0.1) is 5.92 Å². The van der Waals surface area contributed by atoms with E-state index in [-0.39, 0.29) is 11.1 Å². The van der Waals surface area contributed by atoms with Gasteiger partial charge in [-0.3, -0.25) is 0 Å². The van der Waals surface area contributed by atoms with E-state index < -0.39 is 10.0 Å². The Morgan fingerprint density at radius 2 is 2.15 bits per heavy atom. The number of hydrogen-bond donors (Lipinski definition) is 2. The molecule has 1 heterocycles. The summed E-state index contributed by atoms with van der Waals surface area (Å²) in [6, 6.07) is 3.86. The Balaban J connectivity index is 1.98. The highest BCUT2D eigenvalue weighted by Gasteiger charge is 2.38. The molecule has 1 aromatic rings. The summed E-state index contributed by atoms with van der Waals surface area (Å²) >= 11 is 0. The van der Waals surface area contributed by atoms with Gasteiger partial charge in [0, 0.05) is 24.8 Å². The second-order valence-electron chi connectivity index (χ2n) is 5.67. The van der Waals surface area contributed by atoms with Crippen molar-refractivity contribution in [1.29, 1.82) is 0 Å². The number of nitrogens with one attached hydrogen (secondary N) is 2. The molecule has 1 fully saturated rings. The molecule has 20 heavy (non-hydrogen) atoms. The summed E-state index contributed by atoms with van der Waals surface area (Å²) in [6.07, 6.45) is 3.57. The molecule has 0 bridgehead atoms. The van der Waals surface area contributed by atoms with Gasteiger partial charge in [-0.1, -0.05) is 33.3 Å². The van der Waals surface area contributed by atoms with Gasteiger partial charge in [-0.05, 0) is 24.0 Å². The lowest BCUT2D eigenvalue weighted by atomic mass is 10.2. The first kappa shape index (κ1) is 15.4. The van der Waals surface area contributed by atoms with Crippen LogP contribution in [-0.2, 0) is 16.6 Å². The Morgan fingerprint density at radius 1 is 1.40 bits per heavy atom. The third kappa shape index (κ3) is 4.01. The van der Waals surface area contributed by atoms with Crippen LogP contribution in [0.1, 0.15) is 39.2 Å². The zero-order chi connectivity index (χ0) is 14.8. The molecule has 0 spiro atoms. The molecule has 0 saturated heterocycles. The van der Waals surface area contributed by atoms with E-state index in [2.05, 4.69) is 35.8 Å². The third-order valence-electron chi connectivity index (χ3n) is 3.54. The molecule has 2 rings (SSSR count). The molecule has 2 unspecified atom stereocenters. The van der Waals surface area contributed by atoms with Crippen LogP contribution in [0.4, 0.5) is 0 Å². The van der Waals surface area contributed by atoms with Crippen molar-refractivity contribution in [2.75, 3.05) is 0 Å². The highest BCUT2D eigenvalue weighted by molar-refractivity contribution is 7.89. The van der Waals surface area contributed by atoms with Crippen LogP contribution in [0.15, 0.2) is 23.4 Å². The second kappa shape index (κ2) is 6.20. The van der Waals surface area contributed by atoms with Crippen molar-refractivity contribution in [3.63, 3.8) is 0 Å². The molecule has 6 heteroatoms. The molecular weight excluding hydrogens is 274 g/mol. The van der Waals surface area contributed by atoms with Crippen LogP contribution < -0.4 is 10.0 Å². The van der Waals surface area contributed by atoms with Crippen molar-refractivity contribution in [3.05, 3.63) is 23.9 Å². The van der Waals surface area contributed by atoms with E-state index in [1.54, 1.807) is 18.3 Å². The average Bonchev–Trinajstić information content (AvgIpc) is 3.14. The van der Waals surface area contributed by atoms with E-state index in [0.717, 1.165) is 18.4 Å². The predicted molar refractivity (Wildman–Crippen MR) is 78.7 cm³/mol. The van der Waals surface area contributed by atoms with Gasteiger partial charge in [-0.2, -0.15) is 0 Å². The third-order valence-corrected chi connectivity index (χ3v) is 4.95. The first-order chi connectivity index (χ1) is 9.42. The lowest BCUT2D eigenvalue weighted by molar-refractivity contribution is 0.570. The minimum absolute atomic E-state index is 0.0917. The van der Waals surface area contributed by atoms with E-state index in [1.165, 1.54) is 0 Å². The molecule has 2 atom stereocenters. The van der Waals surface area contributed by atoms with E-state index in [4.69, 9.17) is 0 Å². The zero-order valence-electron chi connectivity index (χ0n) is 12.3. The standard InChI is InChI=1S/C14H23N3O2S/c1-4-12-7-13(12)17-20(18,19)14-6-5-11(9-16-14)8-15-10(2)3/h5-6,9-10,12-13,15,17H,4,7-8H2,1-3H3. The number of nitrogens with zero attached hydrogens (tertiary/aromatic N) is 1. The minimum Gasteiger partial charge on any atom is -0.310 e. The number of pyridine rings is 1. The van der Waals surface area contributed by atoms with Crippen molar-refractivity contribution < 1.29 is 8.42 Å². The number of sulfonamides is 1. The lowest BCUT2D eigenvalue weighted by Crippen LogP contribution is -2.28. The summed E-state index contributed by atoms with van der Waals surface area (Å²) < 4.78 is 27.0. The van der Waals surface area contributed by atoms with E-state index in [1.807, 2.05) is 0 Å². The topological polar surface area (TPSA) is 71.1 Å². The fourth-order valence-electron chi connectivity index (χ4n) is 2.10. The molecule has 1 aliphatic carbocycles. The Hall–Kier alpha value is -0.980. The van der Waals surface area contributed by atoms with Crippen molar-refractivity contribution in [2.24, 2.45) is 5.92 Å². The first-order valence-electron chi connectivity index (χ1n) is 7.13. The number of hydrogen-bond acceptors (Lipinski definition) is 4. The van der Waals surface area contributed by atoms with Crippen LogP contribution in [-0.4, -0.2) is 25.5 Å². The van der Waals surface area contributed by atoms with Crippen LogP contribution in [0.2, 0.25) is 0 Å². The molecule has 0 radical (unpaired) electrons. The summed E-state index contributed by atoms with van der Waals surface area (Å²) in [5, 5.41) is 3.37. The van der Waals surface area contributed by atoms with Gasteiger partial charge in [0.15, 0.2) is 5.03 Å². The number of aromatic nitrogens is 1. The fraction of sp³-hybridized carbons (Fsp3) is 0.643. The van der Waals surface area contributed by atoms with Crippen LogP contribution in [0.25, 0.3) is 0 Å². The minimum atomic E-state index is -3.47. The van der Waals surface area contributed by atoms with Crippen molar-refractivity contribution in [2.45, 2.75) is 57.3 Å². The first-order valence-corrected chi connectivity index (χ1v) is 8.61. The van der Waals surface area contributed by atoms with Gasteiger partial charge in [0.05, 0.1) is 0 Å². The molecule has 0 aliphatic heterocycles. The zero-order valence-corrected chi connectivity index (χ0v) is 13.1. The van der Waals surface area contributed by atoms with E-state index in [0.29, 0.717) is 18.5 Å². The van der Waals surface area contributed by atoms with Gasteiger partial charge < -0.3 is 5.32 Å². The average molecular weight is 297 g/mol. The SMILES string of the molecule is CCC1CC1NS(=O)(=O)c1ccc(CNC(C)C)cn1. The smallest absolute Gasteiger partial charge is 0.258 e. The molecule has 0 amide bonds. The van der Waals surface area contributed by atoms with Crippen molar-refractivity contribution >= 4 is 10.0 Å². The fourth-order valence-corrected chi connectivity index (χ4v) is 3.35. The van der Waals surface area contributed by atoms with Gasteiger partial charge in [-0.15, -0.1) is 0 Å². The normalized spacial score (nSPS) is 22.2. The van der Waals surface area contributed by atoms with Gasteiger partial charge in [0.1, 0.15) is 0 Å². The van der Waals surface area contributed by atoms with E-state index >= 15 is 0 Å². The largest absolute Gasteiger partial charge is 0.310 e. The predicted octanol–water partition coefficient (Wildman–Crippen LogP) is 1.66. The van der Waals surface area contributed by atoms with Crippen LogP contribution in [0.3, 0.4) is 0 Å². The Labute approximate surface area is 121 Å². The number of rotatable bonds is 7. The molecule has 1 aromatic heterocycles. The molecule has 1 saturated carbocycles. The Kier molecular flexibility index (Phi) is 4.78. The van der Waals surface area contributed by atoms with E-state index in [9.17, 15) is 8.42 Å². The molecule has 1 aliphatic rings. The van der Waals surface area contributed by atoms with Gasteiger partial charge in [-0.25, -0.2) is 18.1 Å². The molecule has 112 valence electrons. The van der Waals surface area contributed by atoms with Crippen molar-refractivity contribution in [3.8, 4) is 0 Å². The van der Waals surface area contributed by atoms with Crippen LogP contribution in [0.5, 0.6) is 0 Å². The van der Waals surface area contributed by atoms with Gasteiger partial charge in [0.2, 0.25) is 0 Å².